The van der Waals surface area contributed by atoms with Gasteiger partial charge in [-0.3, -0.25) is 4.79 Å². The van der Waals surface area contributed by atoms with Crippen LogP contribution in [-0.2, 0) is 4.79 Å². The first-order valence-corrected chi connectivity index (χ1v) is 11.8. The van der Waals surface area contributed by atoms with Gasteiger partial charge >= 0.3 is 0 Å². The molecular weight excluding hydrogens is 448 g/mol. The maximum atomic E-state index is 13.8. The highest BCUT2D eigenvalue weighted by Gasteiger charge is 2.21. The molecule has 0 aliphatic rings. The molecule has 0 aliphatic carbocycles. The second-order valence-corrected chi connectivity index (χ2v) is 8.66. The van der Waals surface area contributed by atoms with Crippen LogP contribution in [0.3, 0.4) is 0 Å². The third-order valence-electron chi connectivity index (χ3n) is 5.68. The predicted octanol–water partition coefficient (Wildman–Crippen LogP) is 5.93. The van der Waals surface area contributed by atoms with Crippen LogP contribution in [0, 0.1) is 0 Å². The van der Waals surface area contributed by atoms with E-state index in [-0.39, 0.29) is 11.7 Å². The summed E-state index contributed by atoms with van der Waals surface area (Å²) >= 11 is 0. The molecule has 4 aromatic carbocycles. The molecule has 1 amide bonds. The minimum Gasteiger partial charge on any atom is -0.508 e. The fourth-order valence-electron chi connectivity index (χ4n) is 3.86. The van der Waals surface area contributed by atoms with Gasteiger partial charge < -0.3 is 20.1 Å². The average Bonchev–Trinajstić information content (AvgIpc) is 2.90. The molecule has 0 saturated heterocycles. The number of anilines is 1. The van der Waals surface area contributed by atoms with Gasteiger partial charge in [0.1, 0.15) is 18.1 Å². The summed E-state index contributed by atoms with van der Waals surface area (Å²) in [6, 6.07) is 33.8. The van der Waals surface area contributed by atoms with E-state index in [2.05, 4.69) is 10.2 Å². The van der Waals surface area contributed by atoms with Crippen LogP contribution in [0.4, 0.5) is 5.69 Å². The van der Waals surface area contributed by atoms with Gasteiger partial charge in [0.25, 0.3) is 5.91 Å². The number of nitrogens with one attached hydrogen (secondary N) is 1. The first-order valence-electron chi connectivity index (χ1n) is 11.8. The Balaban J connectivity index is 1.73. The monoisotopic (exact) mass is 478 g/mol. The molecule has 36 heavy (non-hydrogen) atoms. The smallest absolute Gasteiger partial charge is 0.256 e. The molecule has 0 spiro atoms. The first kappa shape index (κ1) is 24.8. The van der Waals surface area contributed by atoms with Crippen LogP contribution in [0.5, 0.6) is 11.5 Å². The van der Waals surface area contributed by atoms with E-state index < -0.39 is 0 Å². The molecule has 0 aliphatic heterocycles. The number of likely N-dealkylation sites (N-methyl/N-ethyl adjacent to an activating group) is 1. The fraction of sp³-hybridized carbons (Fsp3) is 0.129. The molecule has 182 valence electrons. The number of benzene rings is 4. The number of ether oxygens (including phenoxy) is 1. The number of carbonyl (C=O) groups excluding carboxylic acids is 1. The van der Waals surface area contributed by atoms with Crippen molar-refractivity contribution in [3.05, 3.63) is 126 Å². The molecule has 0 unspecified atom stereocenters. The standard InChI is InChI=1S/C31H30N2O3/c1-33(2)21-22-36-28-19-15-26(16-20-28)32-31(35)30(25-13-17-27(34)18-14-25)29(23-9-5-3-6-10-23)24-11-7-4-8-12-24/h3-20,34H,21-22H2,1-2H3,(H,32,35). The van der Waals surface area contributed by atoms with Crippen molar-refractivity contribution in [2.75, 3.05) is 32.6 Å². The van der Waals surface area contributed by atoms with Gasteiger partial charge in [0.05, 0.1) is 5.57 Å². The third kappa shape index (κ3) is 6.40. The third-order valence-corrected chi connectivity index (χ3v) is 5.68. The molecule has 0 radical (unpaired) electrons. The van der Waals surface area contributed by atoms with Gasteiger partial charge in [-0.05, 0) is 67.2 Å². The summed E-state index contributed by atoms with van der Waals surface area (Å²) in [4.78, 5) is 15.9. The number of phenolic OH excluding ortho intramolecular Hbond substituents is 1. The average molecular weight is 479 g/mol. The number of nitrogens with zero attached hydrogens (tertiary/aromatic N) is 1. The summed E-state index contributed by atoms with van der Waals surface area (Å²) in [5.74, 6) is 0.646. The normalized spacial score (nSPS) is 10.6. The van der Waals surface area contributed by atoms with E-state index >= 15 is 0 Å². The van der Waals surface area contributed by atoms with Gasteiger partial charge in [0, 0.05) is 17.8 Å². The second-order valence-electron chi connectivity index (χ2n) is 8.66. The maximum absolute atomic E-state index is 13.8. The highest BCUT2D eigenvalue weighted by atomic mass is 16.5. The van der Waals surface area contributed by atoms with E-state index in [4.69, 9.17) is 4.74 Å². The number of carbonyl (C=O) groups is 1. The van der Waals surface area contributed by atoms with Crippen molar-refractivity contribution >= 4 is 22.7 Å². The van der Waals surface area contributed by atoms with Crippen molar-refractivity contribution in [1.82, 2.24) is 4.90 Å². The molecule has 0 fully saturated rings. The number of aromatic hydroxyl groups is 1. The lowest BCUT2D eigenvalue weighted by Gasteiger charge is -2.17. The summed E-state index contributed by atoms with van der Waals surface area (Å²) < 4.78 is 5.77. The van der Waals surface area contributed by atoms with Crippen molar-refractivity contribution in [3.8, 4) is 11.5 Å². The predicted molar refractivity (Wildman–Crippen MR) is 146 cm³/mol. The molecule has 5 nitrogen and oxygen atoms in total. The Morgan fingerprint density at radius 3 is 1.83 bits per heavy atom. The van der Waals surface area contributed by atoms with Crippen LogP contribution in [0.2, 0.25) is 0 Å². The Labute approximate surface area is 212 Å². The van der Waals surface area contributed by atoms with E-state index in [1.54, 1.807) is 24.3 Å². The van der Waals surface area contributed by atoms with Crippen LogP contribution in [0.1, 0.15) is 16.7 Å². The number of rotatable bonds is 9. The van der Waals surface area contributed by atoms with Crippen molar-refractivity contribution < 1.29 is 14.6 Å². The second kappa shape index (κ2) is 11.9. The maximum Gasteiger partial charge on any atom is 0.256 e. The topological polar surface area (TPSA) is 61.8 Å². The molecule has 2 N–H and O–H groups in total. The van der Waals surface area contributed by atoms with E-state index in [0.717, 1.165) is 29.0 Å². The molecule has 0 bridgehead atoms. The van der Waals surface area contributed by atoms with Gasteiger partial charge in [-0.2, -0.15) is 0 Å². The molecular formula is C31H30N2O3. The summed E-state index contributed by atoms with van der Waals surface area (Å²) in [6.45, 7) is 1.41. The highest BCUT2D eigenvalue weighted by Crippen LogP contribution is 2.34. The van der Waals surface area contributed by atoms with Gasteiger partial charge in [0.2, 0.25) is 0 Å². The fourth-order valence-corrected chi connectivity index (χ4v) is 3.86. The summed E-state index contributed by atoms with van der Waals surface area (Å²) in [7, 11) is 4.00. The van der Waals surface area contributed by atoms with Crippen LogP contribution in [0.15, 0.2) is 109 Å². The number of phenols is 1. The largest absolute Gasteiger partial charge is 0.508 e. The molecule has 4 rings (SSSR count). The Kier molecular flexibility index (Phi) is 8.16. The molecule has 4 aromatic rings. The van der Waals surface area contributed by atoms with E-state index in [0.29, 0.717) is 23.4 Å². The minimum atomic E-state index is -0.246. The van der Waals surface area contributed by atoms with Crippen LogP contribution in [0.25, 0.3) is 11.1 Å². The molecule has 0 atom stereocenters. The molecule has 0 aromatic heterocycles. The first-order chi connectivity index (χ1) is 17.5. The van der Waals surface area contributed by atoms with E-state index in [9.17, 15) is 9.90 Å². The van der Waals surface area contributed by atoms with Crippen molar-refractivity contribution in [3.63, 3.8) is 0 Å². The lowest BCUT2D eigenvalue weighted by atomic mass is 9.89. The van der Waals surface area contributed by atoms with E-state index in [1.165, 1.54) is 0 Å². The number of amides is 1. The number of hydrogen-bond donors (Lipinski definition) is 2. The van der Waals surface area contributed by atoms with Gasteiger partial charge in [-0.25, -0.2) is 0 Å². The highest BCUT2D eigenvalue weighted by molar-refractivity contribution is 6.33. The Morgan fingerprint density at radius 1 is 0.750 bits per heavy atom. The van der Waals surface area contributed by atoms with Gasteiger partial charge in [-0.15, -0.1) is 0 Å². The van der Waals surface area contributed by atoms with Crippen LogP contribution >= 0.6 is 0 Å². The number of hydrogen-bond acceptors (Lipinski definition) is 4. The van der Waals surface area contributed by atoms with Crippen LogP contribution < -0.4 is 10.1 Å². The lowest BCUT2D eigenvalue weighted by molar-refractivity contribution is -0.111. The summed E-state index contributed by atoms with van der Waals surface area (Å²) in [5, 5.41) is 12.9. The Hall–Kier alpha value is -4.35. The van der Waals surface area contributed by atoms with Crippen molar-refractivity contribution in [2.45, 2.75) is 0 Å². The van der Waals surface area contributed by atoms with Crippen molar-refractivity contribution in [1.29, 1.82) is 0 Å². The van der Waals surface area contributed by atoms with Crippen LogP contribution in [-0.4, -0.2) is 43.2 Å². The van der Waals surface area contributed by atoms with Gasteiger partial charge in [0.15, 0.2) is 0 Å². The molecule has 0 heterocycles. The SMILES string of the molecule is CN(C)CCOc1ccc(NC(=O)C(=C(c2ccccc2)c2ccccc2)c2ccc(O)cc2)cc1. The van der Waals surface area contributed by atoms with Gasteiger partial charge in [-0.1, -0.05) is 72.8 Å². The summed E-state index contributed by atoms with van der Waals surface area (Å²) in [6.07, 6.45) is 0. The lowest BCUT2D eigenvalue weighted by Crippen LogP contribution is -2.19. The quantitative estimate of drug-likeness (QED) is 0.231. The van der Waals surface area contributed by atoms with Crippen molar-refractivity contribution in [2.24, 2.45) is 0 Å². The Morgan fingerprint density at radius 2 is 1.31 bits per heavy atom. The zero-order valence-electron chi connectivity index (χ0n) is 20.5. The zero-order valence-corrected chi connectivity index (χ0v) is 20.5. The zero-order chi connectivity index (χ0) is 25.3. The Bertz CT molecular complexity index is 1260. The molecule has 0 saturated carbocycles. The summed E-state index contributed by atoms with van der Waals surface area (Å²) in [5.41, 5.74) is 4.54. The minimum absolute atomic E-state index is 0.143. The molecule has 5 heteroatoms. The van der Waals surface area contributed by atoms with E-state index in [1.807, 2.05) is 99.0 Å².